The summed E-state index contributed by atoms with van der Waals surface area (Å²) in [5, 5.41) is 13.1. The van der Waals surface area contributed by atoms with Gasteiger partial charge in [-0.25, -0.2) is 0 Å². The number of likely N-dealkylation sites (tertiary alicyclic amines) is 1. The molecule has 1 amide bonds. The van der Waals surface area contributed by atoms with E-state index in [1.54, 1.807) is 17.8 Å². The first kappa shape index (κ1) is 12.6. The monoisotopic (exact) mass is 252 g/mol. The maximum atomic E-state index is 12.1. The lowest BCUT2D eigenvalue weighted by Gasteiger charge is -2.19. The quantitative estimate of drug-likeness (QED) is 0.728. The van der Waals surface area contributed by atoms with Crippen LogP contribution in [0.3, 0.4) is 0 Å². The number of hydrogen-bond donors (Lipinski definition) is 2. The molecule has 2 heterocycles. The van der Waals surface area contributed by atoms with Crippen molar-refractivity contribution in [1.82, 2.24) is 14.7 Å². The van der Waals surface area contributed by atoms with E-state index in [0.717, 1.165) is 5.69 Å². The number of amides is 1. The van der Waals surface area contributed by atoms with Crippen molar-refractivity contribution < 1.29 is 14.7 Å². The van der Waals surface area contributed by atoms with Crippen molar-refractivity contribution in [1.29, 1.82) is 0 Å². The largest absolute Gasteiger partial charge is 0.480 e. The van der Waals surface area contributed by atoms with Crippen LogP contribution in [0.2, 0.25) is 0 Å². The molecular weight excluding hydrogens is 236 g/mol. The topological polar surface area (TPSA) is 101 Å². The molecule has 7 nitrogen and oxygen atoms in total. The molecule has 7 heteroatoms. The Bertz CT molecular complexity index is 491. The Morgan fingerprint density at radius 1 is 1.56 bits per heavy atom. The molecular formula is C11H16N4O3. The molecule has 1 aromatic rings. The van der Waals surface area contributed by atoms with E-state index in [1.165, 1.54) is 4.90 Å². The molecule has 1 aromatic heterocycles. The van der Waals surface area contributed by atoms with Crippen LogP contribution in [0.1, 0.15) is 22.6 Å². The summed E-state index contributed by atoms with van der Waals surface area (Å²) in [5.41, 5.74) is 5.58. The molecule has 0 saturated carbocycles. The average Bonchev–Trinajstić information content (AvgIpc) is 2.84. The molecule has 0 aromatic carbocycles. The normalized spacial score (nSPS) is 23.4. The third-order valence-corrected chi connectivity index (χ3v) is 3.35. The van der Waals surface area contributed by atoms with Crippen molar-refractivity contribution in [3.05, 3.63) is 17.5 Å². The van der Waals surface area contributed by atoms with Crippen LogP contribution >= 0.6 is 0 Å². The Hall–Kier alpha value is -1.89. The molecule has 0 bridgehead atoms. The first-order valence-electron chi connectivity index (χ1n) is 5.66. The SMILES string of the molecule is Cc1cc(C(=O)N2CCC(N)(C(=O)O)C2)nn1C. The van der Waals surface area contributed by atoms with E-state index >= 15 is 0 Å². The van der Waals surface area contributed by atoms with E-state index in [-0.39, 0.29) is 18.9 Å². The summed E-state index contributed by atoms with van der Waals surface area (Å²) in [6.45, 7) is 2.21. The lowest BCUT2D eigenvalue weighted by molar-refractivity contribution is -0.142. The lowest BCUT2D eigenvalue weighted by Crippen LogP contribution is -2.50. The van der Waals surface area contributed by atoms with Gasteiger partial charge in [0.1, 0.15) is 5.54 Å². The van der Waals surface area contributed by atoms with Gasteiger partial charge in [-0.2, -0.15) is 5.10 Å². The van der Waals surface area contributed by atoms with Crippen LogP contribution in [0.15, 0.2) is 6.07 Å². The minimum atomic E-state index is -1.33. The maximum absolute atomic E-state index is 12.1. The van der Waals surface area contributed by atoms with Gasteiger partial charge in [-0.05, 0) is 19.4 Å². The smallest absolute Gasteiger partial charge is 0.325 e. The summed E-state index contributed by atoms with van der Waals surface area (Å²) < 4.78 is 1.61. The Morgan fingerprint density at radius 2 is 2.22 bits per heavy atom. The molecule has 2 rings (SSSR count). The minimum Gasteiger partial charge on any atom is -0.480 e. The minimum absolute atomic E-state index is 0.0246. The second-order valence-corrected chi connectivity index (χ2v) is 4.73. The number of carbonyl (C=O) groups is 2. The van der Waals surface area contributed by atoms with Crippen LogP contribution in [0.5, 0.6) is 0 Å². The van der Waals surface area contributed by atoms with Gasteiger partial charge in [0.05, 0.1) is 0 Å². The summed E-state index contributed by atoms with van der Waals surface area (Å²) in [4.78, 5) is 24.6. The zero-order valence-corrected chi connectivity index (χ0v) is 10.4. The van der Waals surface area contributed by atoms with Crippen molar-refractivity contribution in [2.45, 2.75) is 18.9 Å². The van der Waals surface area contributed by atoms with Crippen molar-refractivity contribution in [2.75, 3.05) is 13.1 Å². The van der Waals surface area contributed by atoms with Crippen molar-refractivity contribution >= 4 is 11.9 Å². The Balaban J connectivity index is 2.15. The zero-order valence-electron chi connectivity index (χ0n) is 10.4. The van der Waals surface area contributed by atoms with Crippen molar-refractivity contribution in [3.8, 4) is 0 Å². The summed E-state index contributed by atoms with van der Waals surface area (Å²) in [6, 6.07) is 1.68. The highest BCUT2D eigenvalue weighted by Gasteiger charge is 2.43. The van der Waals surface area contributed by atoms with Gasteiger partial charge in [-0.3, -0.25) is 14.3 Å². The predicted octanol–water partition coefficient (Wildman–Crippen LogP) is -0.643. The Labute approximate surface area is 104 Å². The molecule has 1 aliphatic heterocycles. The highest BCUT2D eigenvalue weighted by Crippen LogP contribution is 2.20. The maximum Gasteiger partial charge on any atom is 0.325 e. The number of rotatable bonds is 2. The highest BCUT2D eigenvalue weighted by molar-refractivity contribution is 5.93. The fraction of sp³-hybridized carbons (Fsp3) is 0.545. The van der Waals surface area contributed by atoms with Gasteiger partial charge in [-0.15, -0.1) is 0 Å². The molecule has 1 unspecified atom stereocenters. The number of carboxylic acid groups (broad SMARTS) is 1. The third kappa shape index (κ3) is 1.97. The van der Waals surface area contributed by atoms with Crippen molar-refractivity contribution in [3.63, 3.8) is 0 Å². The molecule has 0 radical (unpaired) electrons. The van der Waals surface area contributed by atoms with Crippen LogP contribution in [-0.4, -0.2) is 50.3 Å². The number of nitrogens with two attached hydrogens (primary N) is 1. The lowest BCUT2D eigenvalue weighted by atomic mass is 10.0. The summed E-state index contributed by atoms with van der Waals surface area (Å²) >= 11 is 0. The van der Waals surface area contributed by atoms with Crippen LogP contribution in [0, 0.1) is 6.92 Å². The first-order valence-corrected chi connectivity index (χ1v) is 5.66. The zero-order chi connectivity index (χ0) is 13.5. The second kappa shape index (κ2) is 4.09. The number of aromatic nitrogens is 2. The number of nitrogens with zero attached hydrogens (tertiary/aromatic N) is 3. The number of aryl methyl sites for hydroxylation is 2. The Morgan fingerprint density at radius 3 is 2.67 bits per heavy atom. The van der Waals surface area contributed by atoms with Crippen molar-refractivity contribution in [2.24, 2.45) is 12.8 Å². The molecule has 1 atom stereocenters. The van der Waals surface area contributed by atoms with E-state index in [4.69, 9.17) is 10.8 Å². The molecule has 0 spiro atoms. The molecule has 1 saturated heterocycles. The Kier molecular flexibility index (Phi) is 2.86. The molecule has 3 N–H and O–H groups in total. The summed E-state index contributed by atoms with van der Waals surface area (Å²) in [5.74, 6) is -1.35. The van der Waals surface area contributed by atoms with Gasteiger partial charge < -0.3 is 15.7 Å². The van der Waals surface area contributed by atoms with Crippen LogP contribution in [-0.2, 0) is 11.8 Å². The van der Waals surface area contributed by atoms with Crippen LogP contribution in [0.25, 0.3) is 0 Å². The molecule has 0 aliphatic carbocycles. The summed E-state index contributed by atoms with van der Waals surface area (Å²) in [7, 11) is 1.75. The van der Waals surface area contributed by atoms with E-state index in [1.807, 2.05) is 6.92 Å². The van der Waals surface area contributed by atoms with E-state index < -0.39 is 11.5 Å². The third-order valence-electron chi connectivity index (χ3n) is 3.35. The van der Waals surface area contributed by atoms with Gasteiger partial charge in [-0.1, -0.05) is 0 Å². The van der Waals surface area contributed by atoms with Gasteiger partial charge in [0.25, 0.3) is 5.91 Å². The molecule has 1 aliphatic rings. The van der Waals surface area contributed by atoms with Gasteiger partial charge >= 0.3 is 5.97 Å². The standard InChI is InChI=1S/C11H16N4O3/c1-7-5-8(13-14(7)2)9(16)15-4-3-11(12,6-15)10(17)18/h5H,3-4,6,12H2,1-2H3,(H,17,18). The number of carboxylic acids is 1. The second-order valence-electron chi connectivity index (χ2n) is 4.73. The van der Waals surface area contributed by atoms with E-state index in [2.05, 4.69) is 5.10 Å². The number of aliphatic carboxylic acids is 1. The van der Waals surface area contributed by atoms with Crippen LogP contribution < -0.4 is 5.73 Å². The van der Waals surface area contributed by atoms with Gasteiger partial charge in [0.15, 0.2) is 5.69 Å². The summed E-state index contributed by atoms with van der Waals surface area (Å²) in [6.07, 6.45) is 0.264. The highest BCUT2D eigenvalue weighted by atomic mass is 16.4. The number of carbonyl (C=O) groups excluding carboxylic acids is 1. The average molecular weight is 252 g/mol. The fourth-order valence-corrected chi connectivity index (χ4v) is 2.01. The fourth-order valence-electron chi connectivity index (χ4n) is 2.01. The van der Waals surface area contributed by atoms with E-state index in [0.29, 0.717) is 12.2 Å². The molecule has 18 heavy (non-hydrogen) atoms. The van der Waals surface area contributed by atoms with Crippen LogP contribution in [0.4, 0.5) is 0 Å². The number of hydrogen-bond acceptors (Lipinski definition) is 4. The van der Waals surface area contributed by atoms with E-state index in [9.17, 15) is 9.59 Å². The van der Waals surface area contributed by atoms with Gasteiger partial charge in [0, 0.05) is 25.8 Å². The molecule has 1 fully saturated rings. The first-order chi connectivity index (χ1) is 8.33. The molecule has 98 valence electrons. The van der Waals surface area contributed by atoms with Gasteiger partial charge in [0.2, 0.25) is 0 Å². The predicted molar refractivity (Wildman–Crippen MR) is 63.0 cm³/mol.